The minimum Gasteiger partial charge on any atom is -0.361 e. The number of hydrazone groups is 1. The van der Waals surface area contributed by atoms with Crippen LogP contribution in [0.2, 0.25) is 0 Å². The Morgan fingerprint density at radius 2 is 1.90 bits per heavy atom. The Labute approximate surface area is 131 Å². The van der Waals surface area contributed by atoms with Crippen LogP contribution >= 0.6 is 12.2 Å². The summed E-state index contributed by atoms with van der Waals surface area (Å²) < 4.78 is 22.8. The quantitative estimate of drug-likeness (QED) is 0.362. The van der Waals surface area contributed by atoms with Gasteiger partial charge in [-0.1, -0.05) is 25.5 Å². The molecule has 5 nitrogen and oxygen atoms in total. The summed E-state index contributed by atoms with van der Waals surface area (Å²) in [6.45, 7) is 4.76. The first-order chi connectivity index (χ1) is 9.84. The number of nitrogens with one attached hydrogen (secondary N) is 2. The Kier molecular flexibility index (Phi) is 6.77. The number of thiocarbonyl (C=S) groups is 1. The predicted molar refractivity (Wildman–Crippen MR) is 90.4 cm³/mol. The third-order valence-electron chi connectivity index (χ3n) is 2.84. The van der Waals surface area contributed by atoms with Crippen molar-refractivity contribution in [1.82, 2.24) is 10.7 Å². The van der Waals surface area contributed by atoms with Gasteiger partial charge in [0.15, 0.2) is 14.9 Å². The first-order valence-electron chi connectivity index (χ1n) is 6.73. The molecule has 21 heavy (non-hydrogen) atoms. The molecule has 0 bridgehead atoms. The van der Waals surface area contributed by atoms with Crippen LogP contribution in [-0.2, 0) is 9.84 Å². The van der Waals surface area contributed by atoms with Gasteiger partial charge in [-0.15, -0.1) is 0 Å². The van der Waals surface area contributed by atoms with E-state index < -0.39 is 9.84 Å². The number of hydrogen-bond acceptors (Lipinski definition) is 4. The lowest BCUT2D eigenvalue weighted by Crippen LogP contribution is -2.33. The molecule has 0 atom stereocenters. The molecule has 0 aliphatic rings. The standard InChI is InChI=1S/C14H21N3O2S2/c1-4-5-10-15-14(20)17-16-11(2)12-6-8-13(9-7-12)21(3,18)19/h6-9H,4-5,10H2,1-3H3,(H2,15,17,20)/b16-11-. The van der Waals surface area contributed by atoms with E-state index in [0.29, 0.717) is 10.0 Å². The summed E-state index contributed by atoms with van der Waals surface area (Å²) in [5, 5.41) is 7.71. The van der Waals surface area contributed by atoms with Crippen LogP contribution in [0.15, 0.2) is 34.3 Å². The monoisotopic (exact) mass is 327 g/mol. The van der Waals surface area contributed by atoms with Crippen molar-refractivity contribution < 1.29 is 8.42 Å². The minimum atomic E-state index is -3.17. The van der Waals surface area contributed by atoms with Gasteiger partial charge in [-0.2, -0.15) is 5.10 Å². The summed E-state index contributed by atoms with van der Waals surface area (Å²) in [7, 11) is -3.17. The number of nitrogens with zero attached hydrogens (tertiary/aromatic N) is 1. The molecule has 0 saturated carbocycles. The molecule has 0 aromatic heterocycles. The molecule has 7 heteroatoms. The fourth-order valence-electron chi connectivity index (χ4n) is 1.56. The second-order valence-corrected chi connectivity index (χ2v) is 7.14. The molecule has 1 rings (SSSR count). The molecule has 2 N–H and O–H groups in total. The Morgan fingerprint density at radius 3 is 2.43 bits per heavy atom. The normalized spacial score (nSPS) is 12.0. The molecule has 0 spiro atoms. The average Bonchev–Trinajstić information content (AvgIpc) is 2.44. The molecule has 116 valence electrons. The summed E-state index contributed by atoms with van der Waals surface area (Å²) in [6.07, 6.45) is 3.34. The van der Waals surface area contributed by atoms with Gasteiger partial charge in [0, 0.05) is 12.8 Å². The Hall–Kier alpha value is -1.47. The van der Waals surface area contributed by atoms with E-state index in [1.807, 2.05) is 6.92 Å². The van der Waals surface area contributed by atoms with Crippen molar-refractivity contribution in [3.05, 3.63) is 29.8 Å². The molecular formula is C14H21N3O2S2. The van der Waals surface area contributed by atoms with E-state index in [1.165, 1.54) is 6.26 Å². The van der Waals surface area contributed by atoms with Gasteiger partial charge in [0.05, 0.1) is 10.6 Å². The van der Waals surface area contributed by atoms with Gasteiger partial charge < -0.3 is 5.32 Å². The van der Waals surface area contributed by atoms with E-state index in [2.05, 4.69) is 22.8 Å². The van der Waals surface area contributed by atoms with Crippen molar-refractivity contribution in [2.75, 3.05) is 12.8 Å². The lowest BCUT2D eigenvalue weighted by molar-refractivity contribution is 0.602. The Balaban J connectivity index is 2.64. The highest BCUT2D eigenvalue weighted by atomic mass is 32.2. The third-order valence-corrected chi connectivity index (χ3v) is 4.21. The number of sulfone groups is 1. The smallest absolute Gasteiger partial charge is 0.186 e. The molecule has 1 aromatic carbocycles. The summed E-state index contributed by atoms with van der Waals surface area (Å²) in [4.78, 5) is 0.295. The second-order valence-electron chi connectivity index (χ2n) is 4.72. The van der Waals surface area contributed by atoms with Crippen LogP contribution in [0.4, 0.5) is 0 Å². The predicted octanol–water partition coefficient (Wildman–Crippen LogP) is 2.08. The van der Waals surface area contributed by atoms with Gasteiger partial charge in [-0.25, -0.2) is 8.42 Å². The van der Waals surface area contributed by atoms with Crippen LogP contribution in [0.25, 0.3) is 0 Å². The molecular weight excluding hydrogens is 306 g/mol. The van der Waals surface area contributed by atoms with E-state index in [-0.39, 0.29) is 0 Å². The topological polar surface area (TPSA) is 70.6 Å². The highest BCUT2D eigenvalue weighted by molar-refractivity contribution is 7.90. The number of hydrogen-bond donors (Lipinski definition) is 2. The molecule has 0 radical (unpaired) electrons. The van der Waals surface area contributed by atoms with Crippen LogP contribution in [0.1, 0.15) is 32.3 Å². The van der Waals surface area contributed by atoms with E-state index in [4.69, 9.17) is 12.2 Å². The first-order valence-corrected chi connectivity index (χ1v) is 9.03. The van der Waals surface area contributed by atoms with Crippen LogP contribution in [0.3, 0.4) is 0 Å². The van der Waals surface area contributed by atoms with Crippen molar-refractivity contribution in [3.63, 3.8) is 0 Å². The molecule has 0 unspecified atom stereocenters. The Bertz CT molecular complexity index is 608. The van der Waals surface area contributed by atoms with Gasteiger partial charge in [0.25, 0.3) is 0 Å². The lowest BCUT2D eigenvalue weighted by atomic mass is 10.1. The lowest BCUT2D eigenvalue weighted by Gasteiger charge is -2.07. The maximum Gasteiger partial charge on any atom is 0.186 e. The second kappa shape index (κ2) is 8.09. The molecule has 0 amide bonds. The van der Waals surface area contributed by atoms with Crippen LogP contribution in [0, 0.1) is 0 Å². The van der Waals surface area contributed by atoms with E-state index in [1.54, 1.807) is 24.3 Å². The van der Waals surface area contributed by atoms with Gasteiger partial charge in [0.2, 0.25) is 0 Å². The highest BCUT2D eigenvalue weighted by Crippen LogP contribution is 2.10. The average molecular weight is 327 g/mol. The summed E-state index contributed by atoms with van der Waals surface area (Å²) >= 11 is 5.10. The van der Waals surface area contributed by atoms with Gasteiger partial charge >= 0.3 is 0 Å². The van der Waals surface area contributed by atoms with E-state index in [9.17, 15) is 8.42 Å². The van der Waals surface area contributed by atoms with Crippen molar-refractivity contribution in [1.29, 1.82) is 0 Å². The zero-order valence-corrected chi connectivity index (χ0v) is 14.1. The van der Waals surface area contributed by atoms with Gasteiger partial charge in [-0.05, 0) is 43.3 Å². The van der Waals surface area contributed by atoms with Crippen LogP contribution < -0.4 is 10.7 Å². The van der Waals surface area contributed by atoms with Crippen molar-refractivity contribution in [2.24, 2.45) is 5.10 Å². The van der Waals surface area contributed by atoms with Crippen molar-refractivity contribution in [3.8, 4) is 0 Å². The largest absolute Gasteiger partial charge is 0.361 e. The van der Waals surface area contributed by atoms with Gasteiger partial charge in [0.1, 0.15) is 0 Å². The minimum absolute atomic E-state index is 0.295. The summed E-state index contributed by atoms with van der Waals surface area (Å²) in [5.74, 6) is 0. The zero-order chi connectivity index (χ0) is 15.9. The molecule has 0 heterocycles. The Morgan fingerprint density at radius 1 is 1.29 bits per heavy atom. The number of benzene rings is 1. The van der Waals surface area contributed by atoms with E-state index >= 15 is 0 Å². The van der Waals surface area contributed by atoms with Crippen LogP contribution in [0.5, 0.6) is 0 Å². The summed E-state index contributed by atoms with van der Waals surface area (Å²) in [6, 6.07) is 6.60. The fraction of sp³-hybridized carbons (Fsp3) is 0.429. The first kappa shape index (κ1) is 17.6. The maximum atomic E-state index is 11.4. The molecule has 0 aliphatic heterocycles. The van der Waals surface area contributed by atoms with Crippen molar-refractivity contribution in [2.45, 2.75) is 31.6 Å². The molecule has 1 aromatic rings. The van der Waals surface area contributed by atoms with Crippen molar-refractivity contribution >= 4 is 32.9 Å². The number of rotatable bonds is 6. The number of unbranched alkanes of at least 4 members (excludes halogenated alkanes) is 1. The highest BCUT2D eigenvalue weighted by Gasteiger charge is 2.07. The fourth-order valence-corrected chi connectivity index (χ4v) is 2.34. The third kappa shape index (κ3) is 6.22. The van der Waals surface area contributed by atoms with Crippen LogP contribution in [-0.4, -0.2) is 32.0 Å². The SMILES string of the molecule is CCCCNC(=S)N/N=C(/C)c1ccc(S(C)(=O)=O)cc1. The summed E-state index contributed by atoms with van der Waals surface area (Å²) in [5.41, 5.74) is 4.35. The molecule has 0 aliphatic carbocycles. The maximum absolute atomic E-state index is 11.4. The molecule has 0 fully saturated rings. The van der Waals surface area contributed by atoms with E-state index in [0.717, 1.165) is 30.7 Å². The zero-order valence-electron chi connectivity index (χ0n) is 12.5. The molecule has 0 saturated heterocycles. The van der Waals surface area contributed by atoms with Gasteiger partial charge in [-0.3, -0.25) is 5.43 Å².